The molecule has 2 aliphatic rings. The highest BCUT2D eigenvalue weighted by molar-refractivity contribution is 7.89. The predicted octanol–water partition coefficient (Wildman–Crippen LogP) is 2.04. The smallest absolute Gasteiger partial charge is 0.246 e. The summed E-state index contributed by atoms with van der Waals surface area (Å²) in [5.74, 6) is -0.257. The van der Waals surface area contributed by atoms with E-state index in [0.717, 1.165) is 19.4 Å². The van der Waals surface area contributed by atoms with Crippen molar-refractivity contribution in [2.24, 2.45) is 5.92 Å². The molecule has 1 aromatic carbocycles. The highest BCUT2D eigenvalue weighted by Crippen LogP contribution is 2.32. The van der Waals surface area contributed by atoms with Crippen molar-refractivity contribution in [3.8, 4) is 5.75 Å². The van der Waals surface area contributed by atoms with Crippen LogP contribution in [0.1, 0.15) is 25.7 Å². The molecule has 2 heterocycles. The van der Waals surface area contributed by atoms with Crippen molar-refractivity contribution in [1.82, 2.24) is 9.62 Å². The van der Waals surface area contributed by atoms with Gasteiger partial charge in [-0.3, -0.25) is 4.79 Å². The summed E-state index contributed by atoms with van der Waals surface area (Å²) in [4.78, 5) is 12.5. The fraction of sp³-hybridized carbons (Fsp3) is 0.611. The van der Waals surface area contributed by atoms with Gasteiger partial charge in [0.1, 0.15) is 10.6 Å². The van der Waals surface area contributed by atoms with Gasteiger partial charge in [0.15, 0.2) is 0 Å². The van der Waals surface area contributed by atoms with Crippen LogP contribution in [0.15, 0.2) is 23.1 Å². The minimum absolute atomic E-state index is 0.0258. The highest BCUT2D eigenvalue weighted by atomic mass is 35.5. The number of hydrogen-bond donors (Lipinski definition) is 1. The number of methoxy groups -OCH3 is 1. The summed E-state index contributed by atoms with van der Waals surface area (Å²) in [6.45, 7) is 1.73. The molecule has 0 aliphatic carbocycles. The van der Waals surface area contributed by atoms with Crippen LogP contribution in [0.2, 0.25) is 5.02 Å². The maximum Gasteiger partial charge on any atom is 0.246 e. The Balaban J connectivity index is 1.69. The zero-order valence-corrected chi connectivity index (χ0v) is 16.9. The van der Waals surface area contributed by atoms with E-state index >= 15 is 0 Å². The van der Waals surface area contributed by atoms with Gasteiger partial charge in [-0.25, -0.2) is 8.42 Å². The van der Waals surface area contributed by atoms with Gasteiger partial charge >= 0.3 is 0 Å². The van der Waals surface area contributed by atoms with Crippen molar-refractivity contribution in [1.29, 1.82) is 0 Å². The Bertz CT molecular complexity index is 780. The fourth-order valence-electron chi connectivity index (χ4n) is 3.53. The Morgan fingerprint density at radius 3 is 2.89 bits per heavy atom. The third-order valence-corrected chi connectivity index (χ3v) is 7.15. The van der Waals surface area contributed by atoms with Gasteiger partial charge in [-0.2, -0.15) is 4.31 Å². The van der Waals surface area contributed by atoms with E-state index in [2.05, 4.69) is 5.32 Å². The second-order valence-corrected chi connectivity index (χ2v) is 9.22. The number of nitrogens with one attached hydrogen (secondary N) is 1. The summed E-state index contributed by atoms with van der Waals surface area (Å²) in [6, 6.07) is 4.50. The Kier molecular flexibility index (Phi) is 6.62. The van der Waals surface area contributed by atoms with Crippen molar-refractivity contribution >= 4 is 27.5 Å². The molecule has 0 spiro atoms. The first-order chi connectivity index (χ1) is 12.9. The van der Waals surface area contributed by atoms with Crippen molar-refractivity contribution in [2.75, 3.05) is 33.4 Å². The van der Waals surface area contributed by atoms with Gasteiger partial charge in [0.25, 0.3) is 0 Å². The van der Waals surface area contributed by atoms with Crippen LogP contribution in [-0.4, -0.2) is 58.1 Å². The van der Waals surface area contributed by atoms with Gasteiger partial charge in [0, 0.05) is 31.3 Å². The zero-order chi connectivity index (χ0) is 19.4. The Morgan fingerprint density at radius 2 is 2.19 bits per heavy atom. The first-order valence-corrected chi connectivity index (χ1v) is 11.0. The van der Waals surface area contributed by atoms with Gasteiger partial charge < -0.3 is 14.8 Å². The summed E-state index contributed by atoms with van der Waals surface area (Å²) >= 11 is 5.99. The van der Waals surface area contributed by atoms with E-state index in [1.807, 2.05) is 0 Å². The largest absolute Gasteiger partial charge is 0.495 e. The lowest BCUT2D eigenvalue weighted by molar-refractivity contribution is -0.126. The molecule has 0 unspecified atom stereocenters. The van der Waals surface area contributed by atoms with Crippen molar-refractivity contribution in [3.05, 3.63) is 23.2 Å². The van der Waals surface area contributed by atoms with Gasteiger partial charge in [-0.05, 0) is 43.9 Å². The van der Waals surface area contributed by atoms with Crippen LogP contribution in [0.25, 0.3) is 0 Å². The number of hydrogen-bond acceptors (Lipinski definition) is 5. The molecule has 0 bridgehead atoms. The van der Waals surface area contributed by atoms with Gasteiger partial charge in [0.2, 0.25) is 15.9 Å². The second kappa shape index (κ2) is 8.77. The van der Waals surface area contributed by atoms with Crippen LogP contribution in [-0.2, 0) is 19.6 Å². The highest BCUT2D eigenvalue weighted by Gasteiger charge is 2.35. The third kappa shape index (κ3) is 4.74. The normalized spacial score (nSPS) is 23.9. The number of sulfonamides is 1. The van der Waals surface area contributed by atoms with Crippen LogP contribution in [0.4, 0.5) is 0 Å². The summed E-state index contributed by atoms with van der Waals surface area (Å²) in [7, 11) is -2.39. The number of halogens is 1. The lowest BCUT2D eigenvalue weighted by Gasteiger charge is -2.31. The number of nitrogens with zero attached hydrogens (tertiary/aromatic N) is 1. The number of carbonyl (C=O) groups is 1. The third-order valence-electron chi connectivity index (χ3n) is 5.03. The Morgan fingerprint density at radius 1 is 1.37 bits per heavy atom. The number of ether oxygens (including phenoxy) is 2. The molecule has 2 atom stereocenters. The summed E-state index contributed by atoms with van der Waals surface area (Å²) < 4.78 is 38.2. The lowest BCUT2D eigenvalue weighted by atomic mass is 9.99. The van der Waals surface area contributed by atoms with E-state index in [1.54, 1.807) is 6.07 Å². The van der Waals surface area contributed by atoms with Gasteiger partial charge in [-0.1, -0.05) is 11.6 Å². The average molecular weight is 417 g/mol. The van der Waals surface area contributed by atoms with Crippen molar-refractivity contribution in [3.63, 3.8) is 0 Å². The standard InChI is InChI=1S/C18H25ClN2O5S/c1-25-16-7-6-14(19)10-17(16)27(23,24)21-8-2-4-13(12-21)18(22)20-11-15-5-3-9-26-15/h6-7,10,13,15H,2-5,8-9,11-12H2,1H3,(H,20,22)/t13-,15+/m0/s1. The van der Waals surface area contributed by atoms with Crippen molar-refractivity contribution < 1.29 is 22.7 Å². The number of carbonyl (C=O) groups excluding carboxylic acids is 1. The Labute approximate surface area is 165 Å². The number of amides is 1. The molecule has 0 radical (unpaired) electrons. The zero-order valence-electron chi connectivity index (χ0n) is 15.3. The minimum atomic E-state index is -3.81. The fourth-order valence-corrected chi connectivity index (χ4v) is 5.47. The molecule has 2 fully saturated rings. The van der Waals surface area contributed by atoms with E-state index in [1.165, 1.54) is 23.5 Å². The van der Waals surface area contributed by atoms with Gasteiger partial charge in [0.05, 0.1) is 19.1 Å². The van der Waals surface area contributed by atoms with Crippen LogP contribution in [0.5, 0.6) is 5.75 Å². The molecule has 27 heavy (non-hydrogen) atoms. The molecule has 0 saturated carbocycles. The molecule has 3 rings (SSSR count). The van der Waals surface area contributed by atoms with Crippen LogP contribution in [0, 0.1) is 5.92 Å². The van der Waals surface area contributed by atoms with E-state index in [9.17, 15) is 13.2 Å². The molecule has 9 heteroatoms. The van der Waals surface area contributed by atoms with E-state index in [0.29, 0.717) is 31.0 Å². The molecule has 7 nitrogen and oxygen atoms in total. The summed E-state index contributed by atoms with van der Waals surface area (Å²) in [5.41, 5.74) is 0. The molecular formula is C18H25ClN2O5S. The van der Waals surface area contributed by atoms with E-state index in [-0.39, 0.29) is 35.1 Å². The van der Waals surface area contributed by atoms with Crippen LogP contribution >= 0.6 is 11.6 Å². The van der Waals surface area contributed by atoms with Crippen LogP contribution < -0.4 is 10.1 Å². The average Bonchev–Trinajstić information content (AvgIpc) is 3.19. The summed E-state index contributed by atoms with van der Waals surface area (Å²) in [6.07, 6.45) is 3.31. The number of benzene rings is 1. The Hall–Kier alpha value is -1.35. The SMILES string of the molecule is COc1ccc(Cl)cc1S(=O)(=O)N1CCC[C@H](C(=O)NC[C@H]2CCCO2)C1. The number of piperidine rings is 1. The topological polar surface area (TPSA) is 84.9 Å². The van der Waals surface area contributed by atoms with Crippen LogP contribution in [0.3, 0.4) is 0 Å². The monoisotopic (exact) mass is 416 g/mol. The maximum atomic E-state index is 13.1. The molecule has 2 saturated heterocycles. The van der Waals surface area contributed by atoms with E-state index in [4.69, 9.17) is 21.1 Å². The summed E-state index contributed by atoms with van der Waals surface area (Å²) in [5, 5.41) is 3.22. The maximum absolute atomic E-state index is 13.1. The van der Waals surface area contributed by atoms with Crippen molar-refractivity contribution in [2.45, 2.75) is 36.7 Å². The first-order valence-electron chi connectivity index (χ1n) is 9.15. The molecule has 0 aromatic heterocycles. The second-order valence-electron chi connectivity index (χ2n) is 6.88. The lowest BCUT2D eigenvalue weighted by Crippen LogP contribution is -2.46. The molecule has 1 aromatic rings. The predicted molar refractivity (Wildman–Crippen MR) is 101 cm³/mol. The quantitative estimate of drug-likeness (QED) is 0.767. The molecule has 150 valence electrons. The molecular weight excluding hydrogens is 392 g/mol. The van der Waals surface area contributed by atoms with Gasteiger partial charge in [-0.15, -0.1) is 0 Å². The first kappa shape index (κ1) is 20.4. The molecule has 1 amide bonds. The number of rotatable bonds is 6. The van der Waals surface area contributed by atoms with E-state index < -0.39 is 10.0 Å². The molecule has 1 N–H and O–H groups in total. The minimum Gasteiger partial charge on any atom is -0.495 e. The molecule has 2 aliphatic heterocycles.